The summed E-state index contributed by atoms with van der Waals surface area (Å²) in [6, 6.07) is 6.30. The fraction of sp³-hybridized carbons (Fsp3) is 0.286. The second-order valence-electron chi connectivity index (χ2n) is 4.71. The predicted molar refractivity (Wildman–Crippen MR) is 76.4 cm³/mol. The first-order valence-electron chi connectivity index (χ1n) is 6.24. The third kappa shape index (κ3) is 2.52. The van der Waals surface area contributed by atoms with Crippen LogP contribution < -0.4 is 10.6 Å². The molecule has 1 unspecified atom stereocenters. The zero-order valence-electron chi connectivity index (χ0n) is 10.6. The van der Waals surface area contributed by atoms with Gasteiger partial charge < -0.3 is 10.6 Å². The molecular formula is C14H15N3OS. The highest BCUT2D eigenvalue weighted by atomic mass is 32.1. The van der Waals surface area contributed by atoms with Gasteiger partial charge in [0.1, 0.15) is 0 Å². The fourth-order valence-corrected chi connectivity index (χ4v) is 2.90. The molecule has 1 atom stereocenters. The maximum atomic E-state index is 12.4. The molecular weight excluding hydrogens is 258 g/mol. The van der Waals surface area contributed by atoms with E-state index >= 15 is 0 Å². The summed E-state index contributed by atoms with van der Waals surface area (Å²) in [7, 11) is 0. The Labute approximate surface area is 115 Å². The van der Waals surface area contributed by atoms with Crippen LogP contribution in [-0.2, 0) is 11.3 Å². The largest absolute Gasteiger partial charge is 0.312 e. The second-order valence-corrected chi connectivity index (χ2v) is 5.61. The molecule has 19 heavy (non-hydrogen) atoms. The number of amides is 1. The first-order valence-corrected chi connectivity index (χ1v) is 7.12. The van der Waals surface area contributed by atoms with Crippen LogP contribution in [0, 0.1) is 6.92 Å². The smallest absolute Gasteiger partial charge is 0.235 e. The highest BCUT2D eigenvalue weighted by Gasteiger charge is 2.26. The summed E-state index contributed by atoms with van der Waals surface area (Å²) in [5, 5.41) is 8.68. The van der Waals surface area contributed by atoms with Gasteiger partial charge in [0.25, 0.3) is 0 Å². The maximum Gasteiger partial charge on any atom is 0.235 e. The highest BCUT2D eigenvalue weighted by molar-refractivity contribution is 7.13. The monoisotopic (exact) mass is 273 g/mol. The van der Waals surface area contributed by atoms with Crippen LogP contribution in [0.5, 0.6) is 0 Å². The topological polar surface area (TPSA) is 54.0 Å². The van der Waals surface area contributed by atoms with Gasteiger partial charge in [0.15, 0.2) is 5.13 Å². The van der Waals surface area contributed by atoms with Gasteiger partial charge in [-0.2, -0.15) is 0 Å². The maximum absolute atomic E-state index is 12.4. The van der Waals surface area contributed by atoms with E-state index in [1.54, 1.807) is 6.20 Å². The second kappa shape index (κ2) is 5.11. The van der Waals surface area contributed by atoms with Crippen molar-refractivity contribution in [1.29, 1.82) is 0 Å². The van der Waals surface area contributed by atoms with Crippen molar-refractivity contribution in [2.24, 2.45) is 0 Å². The van der Waals surface area contributed by atoms with Crippen LogP contribution in [0.1, 0.15) is 22.6 Å². The third-order valence-corrected chi connectivity index (χ3v) is 4.01. The minimum atomic E-state index is -0.146. The number of aryl methyl sites for hydroxylation is 1. The zero-order valence-corrected chi connectivity index (χ0v) is 11.5. The van der Waals surface area contributed by atoms with Gasteiger partial charge >= 0.3 is 0 Å². The molecule has 2 N–H and O–H groups in total. The fourth-order valence-electron chi connectivity index (χ4n) is 2.37. The van der Waals surface area contributed by atoms with E-state index in [-0.39, 0.29) is 11.8 Å². The molecule has 1 aromatic heterocycles. The lowest BCUT2D eigenvalue weighted by molar-refractivity contribution is -0.117. The van der Waals surface area contributed by atoms with Crippen LogP contribution in [0.3, 0.4) is 0 Å². The number of rotatable bonds is 2. The van der Waals surface area contributed by atoms with E-state index in [9.17, 15) is 4.79 Å². The van der Waals surface area contributed by atoms with Crippen LogP contribution in [0.25, 0.3) is 0 Å². The first-order chi connectivity index (χ1) is 9.24. The SMILES string of the molecule is Cc1ccc2c(c1)C(C(=O)Nc1nccs1)CNC2. The van der Waals surface area contributed by atoms with Crippen molar-refractivity contribution in [2.45, 2.75) is 19.4 Å². The third-order valence-electron chi connectivity index (χ3n) is 3.32. The normalized spacial score (nSPS) is 17.8. The Morgan fingerprint density at radius 1 is 1.53 bits per heavy atom. The van der Waals surface area contributed by atoms with Gasteiger partial charge in [-0.1, -0.05) is 23.8 Å². The van der Waals surface area contributed by atoms with E-state index in [0.717, 1.165) is 12.1 Å². The Kier molecular flexibility index (Phi) is 3.31. The summed E-state index contributed by atoms with van der Waals surface area (Å²) in [5.41, 5.74) is 3.52. The van der Waals surface area contributed by atoms with Gasteiger partial charge in [-0.3, -0.25) is 4.79 Å². The summed E-state index contributed by atoms with van der Waals surface area (Å²) in [4.78, 5) is 16.4. The van der Waals surface area contributed by atoms with E-state index in [0.29, 0.717) is 11.7 Å². The van der Waals surface area contributed by atoms with Gasteiger partial charge in [0.2, 0.25) is 5.91 Å². The number of carbonyl (C=O) groups is 1. The lowest BCUT2D eigenvalue weighted by Gasteiger charge is -2.25. The molecule has 5 heteroatoms. The summed E-state index contributed by atoms with van der Waals surface area (Å²) >= 11 is 1.44. The van der Waals surface area contributed by atoms with Crippen LogP contribution in [0.2, 0.25) is 0 Å². The average molecular weight is 273 g/mol. The van der Waals surface area contributed by atoms with E-state index in [1.165, 1.54) is 22.5 Å². The molecule has 4 nitrogen and oxygen atoms in total. The minimum Gasteiger partial charge on any atom is -0.312 e. The molecule has 2 heterocycles. The Bertz CT molecular complexity index is 595. The zero-order chi connectivity index (χ0) is 13.2. The number of aromatic nitrogens is 1. The summed E-state index contributed by atoms with van der Waals surface area (Å²) in [5.74, 6) is -0.137. The van der Waals surface area contributed by atoms with Gasteiger partial charge in [-0.25, -0.2) is 4.98 Å². The van der Waals surface area contributed by atoms with Gasteiger partial charge in [-0.05, 0) is 18.1 Å². The molecule has 1 aliphatic rings. The van der Waals surface area contributed by atoms with Crippen LogP contribution in [0.15, 0.2) is 29.8 Å². The summed E-state index contributed by atoms with van der Waals surface area (Å²) in [6.45, 7) is 3.56. The number of nitrogens with zero attached hydrogens (tertiary/aromatic N) is 1. The molecule has 0 saturated carbocycles. The van der Waals surface area contributed by atoms with E-state index in [1.807, 2.05) is 5.38 Å². The van der Waals surface area contributed by atoms with Crippen molar-refractivity contribution in [3.8, 4) is 0 Å². The minimum absolute atomic E-state index is 0.00833. The number of benzene rings is 1. The molecule has 0 bridgehead atoms. The molecule has 0 fully saturated rings. The quantitative estimate of drug-likeness (QED) is 0.882. The number of thiazole rings is 1. The Balaban J connectivity index is 1.86. The van der Waals surface area contributed by atoms with Gasteiger partial charge in [-0.15, -0.1) is 11.3 Å². The highest BCUT2D eigenvalue weighted by Crippen LogP contribution is 2.26. The van der Waals surface area contributed by atoms with Crippen molar-refractivity contribution in [1.82, 2.24) is 10.3 Å². The van der Waals surface area contributed by atoms with Gasteiger partial charge in [0.05, 0.1) is 5.92 Å². The van der Waals surface area contributed by atoms with Crippen molar-refractivity contribution in [2.75, 3.05) is 11.9 Å². The van der Waals surface area contributed by atoms with Gasteiger partial charge in [0, 0.05) is 24.7 Å². The summed E-state index contributed by atoms with van der Waals surface area (Å²) in [6.07, 6.45) is 1.69. The number of hydrogen-bond acceptors (Lipinski definition) is 4. The molecule has 0 saturated heterocycles. The predicted octanol–water partition coefficient (Wildman–Crippen LogP) is 2.28. The van der Waals surface area contributed by atoms with Crippen LogP contribution >= 0.6 is 11.3 Å². The molecule has 0 aliphatic carbocycles. The molecule has 3 rings (SSSR count). The molecule has 98 valence electrons. The Hall–Kier alpha value is -1.72. The average Bonchev–Trinajstić information content (AvgIpc) is 2.90. The molecule has 0 radical (unpaired) electrons. The standard InChI is InChI=1S/C14H15N3OS/c1-9-2-3-10-7-15-8-12(11(10)6-9)13(18)17-14-16-4-5-19-14/h2-6,12,15H,7-8H2,1H3,(H,16,17,18). The molecule has 1 aromatic carbocycles. The molecule has 1 aliphatic heterocycles. The lowest BCUT2D eigenvalue weighted by Crippen LogP contribution is -2.35. The van der Waals surface area contributed by atoms with Crippen LogP contribution in [0.4, 0.5) is 5.13 Å². The Morgan fingerprint density at radius 3 is 3.21 bits per heavy atom. The van der Waals surface area contributed by atoms with E-state index in [4.69, 9.17) is 0 Å². The van der Waals surface area contributed by atoms with Crippen molar-refractivity contribution < 1.29 is 4.79 Å². The van der Waals surface area contributed by atoms with E-state index in [2.05, 4.69) is 40.7 Å². The molecule has 1 amide bonds. The molecule has 2 aromatic rings. The number of hydrogen-bond donors (Lipinski definition) is 2. The number of fused-ring (bicyclic) bond motifs is 1. The van der Waals surface area contributed by atoms with Crippen molar-refractivity contribution in [3.05, 3.63) is 46.5 Å². The number of anilines is 1. The number of carbonyl (C=O) groups excluding carboxylic acids is 1. The Morgan fingerprint density at radius 2 is 2.42 bits per heavy atom. The van der Waals surface area contributed by atoms with E-state index < -0.39 is 0 Å². The summed E-state index contributed by atoms with van der Waals surface area (Å²) < 4.78 is 0. The molecule has 0 spiro atoms. The first kappa shape index (κ1) is 12.3. The van der Waals surface area contributed by atoms with Crippen molar-refractivity contribution in [3.63, 3.8) is 0 Å². The lowest BCUT2D eigenvalue weighted by atomic mass is 9.89. The van der Waals surface area contributed by atoms with Crippen molar-refractivity contribution >= 4 is 22.4 Å². The number of nitrogens with one attached hydrogen (secondary N) is 2. The van der Waals surface area contributed by atoms with Crippen LogP contribution in [-0.4, -0.2) is 17.4 Å².